The Kier molecular flexibility index (Phi) is 7.27. The van der Waals surface area contributed by atoms with E-state index in [1.54, 1.807) is 12.3 Å². The van der Waals surface area contributed by atoms with Crippen molar-refractivity contribution in [1.82, 2.24) is 10.3 Å². The standard InChI is InChI=1S/C17H24N2O8/c20-7-12(21)13(22)14(23)15(24)16(25)19-11(17(26)27)5-8-6-18-10-4-2-1-3-9(8)10/h1-4,6,11-16,18-25H,5,7H2,(H,26,27)/t11-,12+,13+,14-,15+,16?/m0/s1. The van der Waals surface area contributed by atoms with Crippen molar-refractivity contribution >= 4 is 16.9 Å². The van der Waals surface area contributed by atoms with Gasteiger partial charge in [0.15, 0.2) is 0 Å². The molecular formula is C17H24N2O8. The average Bonchev–Trinajstić information content (AvgIpc) is 3.07. The first kappa shape index (κ1) is 21.3. The third kappa shape index (κ3) is 5.02. The average molecular weight is 384 g/mol. The van der Waals surface area contributed by atoms with Crippen molar-refractivity contribution in [2.24, 2.45) is 0 Å². The largest absolute Gasteiger partial charge is 0.480 e. The van der Waals surface area contributed by atoms with Crippen molar-refractivity contribution in [3.63, 3.8) is 0 Å². The van der Waals surface area contributed by atoms with Gasteiger partial charge in [-0.3, -0.25) is 10.1 Å². The Hall–Kier alpha value is -2.05. The first-order valence-electron chi connectivity index (χ1n) is 8.31. The molecule has 0 amide bonds. The van der Waals surface area contributed by atoms with E-state index in [0.717, 1.165) is 10.9 Å². The van der Waals surface area contributed by atoms with Gasteiger partial charge in [0.2, 0.25) is 0 Å². The molecule has 1 aromatic heterocycles. The Bertz CT molecular complexity index is 751. The fraction of sp³-hybridized carbons (Fsp3) is 0.471. The van der Waals surface area contributed by atoms with Crippen LogP contribution in [-0.2, 0) is 11.2 Å². The normalized spacial score (nSPS) is 18.6. The number of aliphatic hydroxyl groups excluding tert-OH is 6. The van der Waals surface area contributed by atoms with Gasteiger partial charge in [0, 0.05) is 23.5 Å². The van der Waals surface area contributed by atoms with Crippen molar-refractivity contribution < 1.29 is 40.5 Å². The molecule has 2 aromatic rings. The molecule has 0 aliphatic carbocycles. The highest BCUT2D eigenvalue weighted by atomic mass is 16.4. The SMILES string of the molecule is O=C(O)[C@H](Cc1c[nH]c2ccccc12)NC(O)[C@H](O)[C@@H](O)[C@H](O)[C@H](O)CO. The number of carboxylic acids is 1. The fourth-order valence-corrected chi connectivity index (χ4v) is 2.77. The minimum absolute atomic E-state index is 0.0267. The number of nitrogens with one attached hydrogen (secondary N) is 2. The van der Waals surface area contributed by atoms with Gasteiger partial charge < -0.3 is 40.7 Å². The number of carboxylic acid groups (broad SMARTS) is 1. The summed E-state index contributed by atoms with van der Waals surface area (Å²) < 4.78 is 0. The van der Waals surface area contributed by atoms with Crippen LogP contribution in [-0.4, -0.2) is 90.0 Å². The maximum Gasteiger partial charge on any atom is 0.321 e. The number of rotatable bonds is 10. The lowest BCUT2D eigenvalue weighted by atomic mass is 10.0. The van der Waals surface area contributed by atoms with Gasteiger partial charge in [-0.05, 0) is 11.6 Å². The molecule has 6 atom stereocenters. The quantitative estimate of drug-likeness (QED) is 0.200. The van der Waals surface area contributed by atoms with Crippen LogP contribution in [0.5, 0.6) is 0 Å². The molecule has 27 heavy (non-hydrogen) atoms. The molecule has 150 valence electrons. The summed E-state index contributed by atoms with van der Waals surface area (Å²) in [5, 5.41) is 69.9. The molecule has 9 N–H and O–H groups in total. The molecule has 2 rings (SSSR count). The first-order valence-corrected chi connectivity index (χ1v) is 8.31. The van der Waals surface area contributed by atoms with Crippen molar-refractivity contribution in [2.45, 2.75) is 43.1 Å². The molecule has 1 heterocycles. The van der Waals surface area contributed by atoms with Crippen LogP contribution in [0.3, 0.4) is 0 Å². The second kappa shape index (κ2) is 9.24. The summed E-state index contributed by atoms with van der Waals surface area (Å²) in [6, 6.07) is 5.95. The highest BCUT2D eigenvalue weighted by molar-refractivity contribution is 5.84. The van der Waals surface area contributed by atoms with E-state index in [-0.39, 0.29) is 6.42 Å². The Balaban J connectivity index is 2.07. The molecule has 0 saturated carbocycles. The van der Waals surface area contributed by atoms with Gasteiger partial charge in [-0.1, -0.05) is 18.2 Å². The van der Waals surface area contributed by atoms with Crippen molar-refractivity contribution in [1.29, 1.82) is 0 Å². The number of aromatic nitrogens is 1. The Morgan fingerprint density at radius 2 is 1.70 bits per heavy atom. The minimum Gasteiger partial charge on any atom is -0.480 e. The second-order valence-electron chi connectivity index (χ2n) is 6.29. The number of carbonyl (C=O) groups is 1. The molecule has 1 aromatic carbocycles. The molecule has 0 saturated heterocycles. The molecule has 0 aliphatic rings. The highest BCUT2D eigenvalue weighted by Crippen LogP contribution is 2.19. The van der Waals surface area contributed by atoms with Crippen LogP contribution in [0.4, 0.5) is 0 Å². The topological polar surface area (TPSA) is 186 Å². The highest BCUT2D eigenvalue weighted by Gasteiger charge is 2.35. The van der Waals surface area contributed by atoms with E-state index in [2.05, 4.69) is 10.3 Å². The van der Waals surface area contributed by atoms with Crippen LogP contribution in [0, 0.1) is 0 Å². The monoisotopic (exact) mass is 384 g/mol. The Morgan fingerprint density at radius 3 is 2.33 bits per heavy atom. The zero-order chi connectivity index (χ0) is 20.1. The van der Waals surface area contributed by atoms with Gasteiger partial charge in [0.05, 0.1) is 6.61 Å². The number of benzene rings is 1. The molecule has 0 fully saturated rings. The summed E-state index contributed by atoms with van der Waals surface area (Å²) in [6.07, 6.45) is -7.99. The van der Waals surface area contributed by atoms with Gasteiger partial charge in [-0.25, -0.2) is 0 Å². The molecule has 0 radical (unpaired) electrons. The van der Waals surface area contributed by atoms with E-state index in [1.807, 2.05) is 18.2 Å². The van der Waals surface area contributed by atoms with E-state index in [4.69, 9.17) is 5.11 Å². The molecular weight excluding hydrogens is 360 g/mol. The first-order chi connectivity index (χ1) is 12.8. The lowest BCUT2D eigenvalue weighted by molar-refractivity contribution is -0.153. The van der Waals surface area contributed by atoms with Gasteiger partial charge >= 0.3 is 5.97 Å². The number of hydrogen-bond donors (Lipinski definition) is 9. The van der Waals surface area contributed by atoms with E-state index < -0.39 is 49.3 Å². The van der Waals surface area contributed by atoms with E-state index in [0.29, 0.717) is 5.56 Å². The van der Waals surface area contributed by atoms with Crippen LogP contribution in [0.2, 0.25) is 0 Å². The molecule has 10 heteroatoms. The number of para-hydroxylation sites is 1. The van der Waals surface area contributed by atoms with Gasteiger partial charge in [-0.2, -0.15) is 0 Å². The van der Waals surface area contributed by atoms with Crippen molar-refractivity contribution in [3.8, 4) is 0 Å². The smallest absolute Gasteiger partial charge is 0.321 e. The molecule has 10 nitrogen and oxygen atoms in total. The van der Waals surface area contributed by atoms with E-state index in [1.165, 1.54) is 0 Å². The van der Waals surface area contributed by atoms with Crippen LogP contribution in [0.15, 0.2) is 30.5 Å². The Labute approximate surface area is 154 Å². The lowest BCUT2D eigenvalue weighted by Crippen LogP contribution is -2.57. The fourth-order valence-electron chi connectivity index (χ4n) is 2.77. The summed E-state index contributed by atoms with van der Waals surface area (Å²) >= 11 is 0. The predicted molar refractivity (Wildman–Crippen MR) is 93.7 cm³/mol. The molecule has 1 unspecified atom stereocenters. The van der Waals surface area contributed by atoms with Gasteiger partial charge in [-0.15, -0.1) is 0 Å². The predicted octanol–water partition coefficient (Wildman–Crippen LogP) is -2.49. The second-order valence-corrected chi connectivity index (χ2v) is 6.29. The van der Waals surface area contributed by atoms with E-state index >= 15 is 0 Å². The van der Waals surface area contributed by atoms with Gasteiger partial charge in [0.25, 0.3) is 0 Å². The number of H-pyrrole nitrogens is 1. The van der Waals surface area contributed by atoms with Crippen LogP contribution < -0.4 is 5.32 Å². The summed E-state index contributed by atoms with van der Waals surface area (Å²) in [7, 11) is 0. The lowest BCUT2D eigenvalue weighted by Gasteiger charge is -2.30. The van der Waals surface area contributed by atoms with Gasteiger partial charge in [0.1, 0.15) is 36.7 Å². The zero-order valence-corrected chi connectivity index (χ0v) is 14.3. The number of aliphatic carboxylic acids is 1. The summed E-state index contributed by atoms with van der Waals surface area (Å²) in [4.78, 5) is 14.5. The summed E-state index contributed by atoms with van der Waals surface area (Å²) in [5.41, 5.74) is 1.48. The number of hydrogen-bond acceptors (Lipinski definition) is 8. The van der Waals surface area contributed by atoms with Crippen molar-refractivity contribution in [3.05, 3.63) is 36.0 Å². The zero-order valence-electron chi connectivity index (χ0n) is 14.3. The molecule has 0 bridgehead atoms. The molecule has 0 spiro atoms. The van der Waals surface area contributed by atoms with Crippen molar-refractivity contribution in [2.75, 3.05) is 6.61 Å². The van der Waals surface area contributed by atoms with Crippen LogP contribution in [0.1, 0.15) is 5.56 Å². The van der Waals surface area contributed by atoms with Crippen LogP contribution >= 0.6 is 0 Å². The third-order valence-corrected chi connectivity index (χ3v) is 4.37. The Morgan fingerprint density at radius 1 is 1.04 bits per heavy atom. The van der Waals surface area contributed by atoms with E-state index in [9.17, 15) is 35.4 Å². The summed E-state index contributed by atoms with van der Waals surface area (Å²) in [5.74, 6) is -1.29. The minimum atomic E-state index is -2.02. The maximum absolute atomic E-state index is 11.5. The number of aromatic amines is 1. The molecule has 0 aliphatic heterocycles. The maximum atomic E-state index is 11.5. The van der Waals surface area contributed by atoms with Crippen LogP contribution in [0.25, 0.3) is 10.9 Å². The number of aliphatic hydroxyl groups is 6. The third-order valence-electron chi connectivity index (χ3n) is 4.37. The number of fused-ring (bicyclic) bond motifs is 1. The summed E-state index contributed by atoms with van der Waals surface area (Å²) in [6.45, 7) is -0.868.